The van der Waals surface area contributed by atoms with Crippen molar-refractivity contribution in [2.24, 2.45) is 0 Å². The number of piperidine rings is 1. The molecule has 17 heavy (non-hydrogen) atoms. The number of nitrogens with one attached hydrogen (secondary N) is 1. The molecule has 1 heterocycles. The van der Waals surface area contributed by atoms with Crippen LogP contribution in [0.1, 0.15) is 19.8 Å². The summed E-state index contributed by atoms with van der Waals surface area (Å²) in [6, 6.07) is -0.220. The number of nitrogens with zero attached hydrogens (tertiary/aromatic N) is 1. The van der Waals surface area contributed by atoms with Gasteiger partial charge < -0.3 is 0 Å². The zero-order chi connectivity index (χ0) is 13.1. The zero-order valence-electron chi connectivity index (χ0n) is 9.59. The molecule has 0 spiro atoms. The number of rotatable bonds is 5. The molecule has 0 aromatic rings. The van der Waals surface area contributed by atoms with Gasteiger partial charge in [0, 0.05) is 19.1 Å². The van der Waals surface area contributed by atoms with E-state index in [2.05, 4.69) is 4.72 Å². The molecular formula is C8H17ClN2O4S2. The summed E-state index contributed by atoms with van der Waals surface area (Å²) < 4.78 is 49.4. The molecule has 1 aliphatic heterocycles. The molecule has 0 bridgehead atoms. The second-order valence-electron chi connectivity index (χ2n) is 3.92. The van der Waals surface area contributed by atoms with Gasteiger partial charge in [0.2, 0.25) is 20.0 Å². The number of hydrogen-bond donors (Lipinski definition) is 1. The molecule has 0 radical (unpaired) electrons. The second-order valence-corrected chi connectivity index (χ2v) is 8.51. The van der Waals surface area contributed by atoms with Gasteiger partial charge in [0.15, 0.2) is 0 Å². The lowest BCUT2D eigenvalue weighted by Gasteiger charge is -2.30. The summed E-state index contributed by atoms with van der Waals surface area (Å²) in [6.07, 6.45) is 0.963. The van der Waals surface area contributed by atoms with Gasteiger partial charge in [0.05, 0.1) is 5.75 Å². The Morgan fingerprint density at radius 1 is 1.24 bits per heavy atom. The molecule has 1 fully saturated rings. The predicted molar refractivity (Wildman–Crippen MR) is 66.8 cm³/mol. The maximum Gasteiger partial charge on any atom is 0.225 e. The lowest BCUT2D eigenvalue weighted by Crippen LogP contribution is -2.47. The van der Waals surface area contributed by atoms with Gasteiger partial charge in [0.25, 0.3) is 0 Å². The van der Waals surface area contributed by atoms with Crippen molar-refractivity contribution in [3.8, 4) is 0 Å². The van der Waals surface area contributed by atoms with E-state index >= 15 is 0 Å². The fourth-order valence-corrected chi connectivity index (χ4v) is 3.85. The molecule has 0 unspecified atom stereocenters. The Balaban J connectivity index is 2.52. The van der Waals surface area contributed by atoms with Crippen LogP contribution in [-0.2, 0) is 20.0 Å². The fraction of sp³-hybridized carbons (Fsp3) is 1.00. The molecule has 1 rings (SSSR count). The first-order chi connectivity index (χ1) is 7.80. The van der Waals surface area contributed by atoms with Crippen LogP contribution in [0.3, 0.4) is 0 Å². The minimum atomic E-state index is -3.43. The molecule has 0 aromatic heterocycles. The third-order valence-electron chi connectivity index (χ3n) is 2.70. The number of alkyl halides is 1. The highest BCUT2D eigenvalue weighted by Gasteiger charge is 2.28. The van der Waals surface area contributed by atoms with Gasteiger partial charge in [-0.2, -0.15) is 0 Å². The Hall–Kier alpha value is 0.110. The summed E-state index contributed by atoms with van der Waals surface area (Å²) in [5.74, 6) is 0.0745. The Bertz CT molecular complexity index is 440. The van der Waals surface area contributed by atoms with E-state index in [4.69, 9.17) is 11.6 Å². The number of sulfonamides is 2. The lowest BCUT2D eigenvalue weighted by molar-refractivity contribution is 0.309. The molecule has 1 aliphatic rings. The van der Waals surface area contributed by atoms with Crippen LogP contribution in [0, 0.1) is 0 Å². The van der Waals surface area contributed by atoms with Crippen molar-refractivity contribution < 1.29 is 16.8 Å². The van der Waals surface area contributed by atoms with Crippen molar-refractivity contribution >= 4 is 31.6 Å². The van der Waals surface area contributed by atoms with Crippen molar-refractivity contribution in [3.05, 3.63) is 0 Å². The van der Waals surface area contributed by atoms with Crippen molar-refractivity contribution in [2.45, 2.75) is 25.8 Å². The minimum absolute atomic E-state index is 0.0745. The molecule has 1 saturated heterocycles. The van der Waals surface area contributed by atoms with Gasteiger partial charge in [-0.15, -0.1) is 11.6 Å². The Morgan fingerprint density at radius 3 is 2.18 bits per heavy atom. The monoisotopic (exact) mass is 304 g/mol. The minimum Gasteiger partial charge on any atom is -0.212 e. The zero-order valence-corrected chi connectivity index (χ0v) is 12.0. The van der Waals surface area contributed by atoms with Gasteiger partial charge in [-0.3, -0.25) is 0 Å². The molecular weight excluding hydrogens is 288 g/mol. The molecule has 0 aromatic carbocycles. The highest BCUT2D eigenvalue weighted by molar-refractivity contribution is 7.90. The molecule has 1 N–H and O–H groups in total. The second kappa shape index (κ2) is 5.83. The smallest absolute Gasteiger partial charge is 0.212 e. The highest BCUT2D eigenvalue weighted by Crippen LogP contribution is 2.15. The maximum atomic E-state index is 11.6. The van der Waals surface area contributed by atoms with Crippen LogP contribution in [-0.4, -0.2) is 51.2 Å². The van der Waals surface area contributed by atoms with E-state index < -0.39 is 25.3 Å². The van der Waals surface area contributed by atoms with Gasteiger partial charge in [-0.05, 0) is 19.8 Å². The van der Waals surface area contributed by atoms with E-state index in [1.807, 2.05) is 0 Å². The van der Waals surface area contributed by atoms with Crippen LogP contribution < -0.4 is 4.72 Å². The molecule has 0 saturated carbocycles. The average Bonchev–Trinajstić information content (AvgIpc) is 2.29. The lowest BCUT2D eigenvalue weighted by atomic mass is 10.1. The van der Waals surface area contributed by atoms with Gasteiger partial charge >= 0.3 is 0 Å². The summed E-state index contributed by atoms with van der Waals surface area (Å²) in [5, 5.41) is -0.472. The molecule has 0 atom stereocenters. The summed E-state index contributed by atoms with van der Waals surface area (Å²) in [4.78, 5) is 0. The molecule has 6 nitrogen and oxygen atoms in total. The van der Waals surface area contributed by atoms with Gasteiger partial charge in [-0.1, -0.05) is 0 Å². The van der Waals surface area contributed by atoms with Gasteiger partial charge in [-0.25, -0.2) is 25.9 Å². The SMILES string of the molecule is CCS(=O)(=O)N1CCC(NS(=O)(=O)CCl)CC1. The molecule has 0 aliphatic carbocycles. The van der Waals surface area contributed by atoms with Crippen molar-refractivity contribution in [1.82, 2.24) is 9.03 Å². The van der Waals surface area contributed by atoms with Crippen LogP contribution >= 0.6 is 11.6 Å². The van der Waals surface area contributed by atoms with Crippen molar-refractivity contribution in [3.63, 3.8) is 0 Å². The summed E-state index contributed by atoms with van der Waals surface area (Å²) in [7, 11) is -6.59. The van der Waals surface area contributed by atoms with E-state index in [0.717, 1.165) is 0 Å². The molecule has 9 heteroatoms. The maximum absolute atomic E-state index is 11.6. The van der Waals surface area contributed by atoms with Crippen LogP contribution in [0.25, 0.3) is 0 Å². The largest absolute Gasteiger partial charge is 0.225 e. The third-order valence-corrected chi connectivity index (χ3v) is 6.43. The summed E-state index contributed by atoms with van der Waals surface area (Å²) in [6.45, 7) is 2.30. The molecule has 102 valence electrons. The highest BCUT2D eigenvalue weighted by atomic mass is 35.5. The van der Waals surface area contributed by atoms with E-state index in [9.17, 15) is 16.8 Å². The van der Waals surface area contributed by atoms with E-state index in [-0.39, 0.29) is 11.8 Å². The fourth-order valence-electron chi connectivity index (χ4n) is 1.72. The first-order valence-electron chi connectivity index (χ1n) is 5.34. The topological polar surface area (TPSA) is 83.6 Å². The van der Waals surface area contributed by atoms with E-state index in [1.165, 1.54) is 4.31 Å². The first-order valence-corrected chi connectivity index (χ1v) is 9.14. The van der Waals surface area contributed by atoms with Crippen LogP contribution in [0.4, 0.5) is 0 Å². The summed E-state index contributed by atoms with van der Waals surface area (Å²) >= 11 is 5.28. The Kier molecular flexibility index (Phi) is 5.21. The Morgan fingerprint density at radius 2 is 1.76 bits per heavy atom. The Labute approximate surface area is 107 Å². The van der Waals surface area contributed by atoms with Crippen LogP contribution in [0.2, 0.25) is 0 Å². The molecule has 0 amide bonds. The average molecular weight is 305 g/mol. The van der Waals surface area contributed by atoms with E-state index in [0.29, 0.717) is 25.9 Å². The standard InChI is InChI=1S/C8H17ClN2O4S2/c1-2-17(14,15)11-5-3-8(4-6-11)10-16(12,13)7-9/h8,10H,2-7H2,1H3. The number of halogens is 1. The van der Waals surface area contributed by atoms with Crippen LogP contribution in [0.15, 0.2) is 0 Å². The van der Waals surface area contributed by atoms with Crippen molar-refractivity contribution in [1.29, 1.82) is 0 Å². The normalized spacial score (nSPS) is 20.6. The van der Waals surface area contributed by atoms with E-state index in [1.54, 1.807) is 6.92 Å². The van der Waals surface area contributed by atoms with Gasteiger partial charge in [0.1, 0.15) is 5.21 Å². The number of hydrogen-bond acceptors (Lipinski definition) is 4. The van der Waals surface area contributed by atoms with Crippen LogP contribution in [0.5, 0.6) is 0 Å². The quantitative estimate of drug-likeness (QED) is 0.720. The van der Waals surface area contributed by atoms with Crippen molar-refractivity contribution in [2.75, 3.05) is 24.1 Å². The first kappa shape index (κ1) is 15.2. The third kappa shape index (κ3) is 4.36. The predicted octanol–water partition coefficient (Wildman–Crippen LogP) is -0.0838. The summed E-state index contributed by atoms with van der Waals surface area (Å²) in [5.41, 5.74) is 0.